The second kappa shape index (κ2) is 7.45. The van der Waals surface area contributed by atoms with Crippen LogP contribution < -0.4 is 5.32 Å². The van der Waals surface area contributed by atoms with E-state index < -0.39 is 0 Å². The number of aromatic nitrogens is 2. The Morgan fingerprint density at radius 3 is 2.76 bits per heavy atom. The number of nitrogens with one attached hydrogen (secondary N) is 1. The van der Waals surface area contributed by atoms with Crippen LogP contribution in [0.5, 0.6) is 0 Å². The smallest absolute Gasteiger partial charge is 0.409 e. The number of piperidine rings is 1. The van der Waals surface area contributed by atoms with Crippen LogP contribution >= 0.6 is 0 Å². The van der Waals surface area contributed by atoms with Gasteiger partial charge in [0.15, 0.2) is 0 Å². The third-order valence-electron chi connectivity index (χ3n) is 3.79. The standard InChI is InChI=1S/C15H26N4O2/c1-4-21-15(20)18-8-5-13(6-9-18)16-11-14-7-10-19(17-14)12(2)3/h7,10,12-13,16H,4-6,8-9,11H2,1-3H3. The molecule has 1 fully saturated rings. The maximum atomic E-state index is 11.6. The number of rotatable bonds is 5. The molecule has 0 bridgehead atoms. The highest BCUT2D eigenvalue weighted by Gasteiger charge is 2.23. The van der Waals surface area contributed by atoms with Crippen molar-refractivity contribution in [3.05, 3.63) is 18.0 Å². The van der Waals surface area contributed by atoms with Crippen molar-refractivity contribution in [1.29, 1.82) is 0 Å². The molecule has 6 nitrogen and oxygen atoms in total. The van der Waals surface area contributed by atoms with Gasteiger partial charge >= 0.3 is 6.09 Å². The lowest BCUT2D eigenvalue weighted by atomic mass is 10.1. The molecule has 0 unspecified atom stereocenters. The van der Waals surface area contributed by atoms with Crippen LogP contribution in [0.3, 0.4) is 0 Å². The van der Waals surface area contributed by atoms with E-state index >= 15 is 0 Å². The average Bonchev–Trinajstić information content (AvgIpc) is 2.95. The molecule has 21 heavy (non-hydrogen) atoms. The molecule has 1 amide bonds. The number of carbonyl (C=O) groups is 1. The summed E-state index contributed by atoms with van der Waals surface area (Å²) in [6.45, 7) is 8.82. The van der Waals surface area contributed by atoms with Crippen LogP contribution in [0.4, 0.5) is 4.79 Å². The Morgan fingerprint density at radius 2 is 2.19 bits per heavy atom. The largest absolute Gasteiger partial charge is 0.450 e. The molecular formula is C15H26N4O2. The minimum Gasteiger partial charge on any atom is -0.450 e. The third kappa shape index (κ3) is 4.46. The summed E-state index contributed by atoms with van der Waals surface area (Å²) in [7, 11) is 0. The molecule has 0 aromatic carbocycles. The fraction of sp³-hybridized carbons (Fsp3) is 0.733. The Bertz CT molecular complexity index is 450. The van der Waals surface area contributed by atoms with Gasteiger partial charge in [0, 0.05) is 37.9 Å². The fourth-order valence-corrected chi connectivity index (χ4v) is 2.49. The van der Waals surface area contributed by atoms with Crippen molar-refractivity contribution < 1.29 is 9.53 Å². The van der Waals surface area contributed by atoms with Crippen LogP contribution in [0.15, 0.2) is 12.3 Å². The molecule has 0 spiro atoms. The zero-order valence-electron chi connectivity index (χ0n) is 13.2. The van der Waals surface area contributed by atoms with Gasteiger partial charge in [0.2, 0.25) is 0 Å². The van der Waals surface area contributed by atoms with E-state index in [0.717, 1.165) is 38.2 Å². The first-order valence-electron chi connectivity index (χ1n) is 7.79. The van der Waals surface area contributed by atoms with E-state index in [4.69, 9.17) is 4.74 Å². The molecule has 2 heterocycles. The Balaban J connectivity index is 1.72. The van der Waals surface area contributed by atoms with Crippen molar-refractivity contribution >= 4 is 6.09 Å². The number of carbonyl (C=O) groups excluding carboxylic acids is 1. The maximum Gasteiger partial charge on any atom is 0.409 e. The van der Waals surface area contributed by atoms with Crippen LogP contribution in [-0.4, -0.2) is 46.5 Å². The molecule has 0 aliphatic carbocycles. The van der Waals surface area contributed by atoms with E-state index in [1.165, 1.54) is 0 Å². The first-order chi connectivity index (χ1) is 10.1. The summed E-state index contributed by atoms with van der Waals surface area (Å²) in [5, 5.41) is 8.06. The van der Waals surface area contributed by atoms with Gasteiger partial charge in [0.25, 0.3) is 0 Å². The Morgan fingerprint density at radius 1 is 1.48 bits per heavy atom. The summed E-state index contributed by atoms with van der Waals surface area (Å²) in [5.41, 5.74) is 1.07. The van der Waals surface area contributed by atoms with E-state index in [-0.39, 0.29) is 6.09 Å². The van der Waals surface area contributed by atoms with E-state index in [0.29, 0.717) is 18.7 Å². The molecule has 1 aliphatic rings. The first-order valence-corrected chi connectivity index (χ1v) is 7.79. The third-order valence-corrected chi connectivity index (χ3v) is 3.79. The quantitative estimate of drug-likeness (QED) is 0.904. The van der Waals surface area contributed by atoms with Gasteiger partial charge < -0.3 is 15.0 Å². The lowest BCUT2D eigenvalue weighted by Gasteiger charge is -2.31. The lowest BCUT2D eigenvalue weighted by Crippen LogP contribution is -2.44. The highest BCUT2D eigenvalue weighted by Crippen LogP contribution is 2.12. The van der Waals surface area contributed by atoms with E-state index in [1.807, 2.05) is 17.8 Å². The molecule has 6 heteroatoms. The average molecular weight is 294 g/mol. The molecule has 0 atom stereocenters. The Hall–Kier alpha value is -1.56. The topological polar surface area (TPSA) is 59.4 Å². The van der Waals surface area contributed by atoms with Gasteiger partial charge in [-0.05, 0) is 39.7 Å². The van der Waals surface area contributed by atoms with Gasteiger partial charge in [-0.1, -0.05) is 0 Å². The molecule has 2 rings (SSSR count). The highest BCUT2D eigenvalue weighted by atomic mass is 16.6. The lowest BCUT2D eigenvalue weighted by molar-refractivity contribution is 0.0949. The first kappa shape index (κ1) is 15.8. The predicted molar refractivity (Wildman–Crippen MR) is 81.1 cm³/mol. The summed E-state index contributed by atoms with van der Waals surface area (Å²) < 4.78 is 7.00. The highest BCUT2D eigenvalue weighted by molar-refractivity contribution is 5.67. The molecule has 1 aromatic rings. The van der Waals surface area contributed by atoms with Gasteiger partial charge in [0.1, 0.15) is 0 Å². The number of ether oxygens (including phenoxy) is 1. The van der Waals surface area contributed by atoms with Crippen molar-refractivity contribution in [2.24, 2.45) is 0 Å². The molecule has 1 saturated heterocycles. The molecule has 0 radical (unpaired) electrons. The number of hydrogen-bond acceptors (Lipinski definition) is 4. The number of nitrogens with zero attached hydrogens (tertiary/aromatic N) is 3. The summed E-state index contributed by atoms with van der Waals surface area (Å²) in [5.74, 6) is 0. The SMILES string of the molecule is CCOC(=O)N1CCC(NCc2ccn(C(C)C)n2)CC1. The van der Waals surface area contributed by atoms with Crippen molar-refractivity contribution in [3.8, 4) is 0 Å². The predicted octanol–water partition coefficient (Wildman–Crippen LogP) is 2.17. The Kier molecular flexibility index (Phi) is 5.61. The van der Waals surface area contributed by atoms with Gasteiger partial charge in [-0.3, -0.25) is 4.68 Å². The van der Waals surface area contributed by atoms with E-state index in [2.05, 4.69) is 30.3 Å². The van der Waals surface area contributed by atoms with Crippen LogP contribution in [0.1, 0.15) is 45.3 Å². The van der Waals surface area contributed by atoms with Crippen molar-refractivity contribution in [3.63, 3.8) is 0 Å². The minimum absolute atomic E-state index is 0.188. The fourth-order valence-electron chi connectivity index (χ4n) is 2.49. The second-order valence-corrected chi connectivity index (χ2v) is 5.72. The zero-order chi connectivity index (χ0) is 15.2. The van der Waals surface area contributed by atoms with Crippen LogP contribution in [-0.2, 0) is 11.3 Å². The van der Waals surface area contributed by atoms with Crippen LogP contribution in [0.2, 0.25) is 0 Å². The summed E-state index contributed by atoms with van der Waals surface area (Å²) in [6.07, 6.45) is 3.75. The number of likely N-dealkylation sites (tertiary alicyclic amines) is 1. The van der Waals surface area contributed by atoms with Crippen molar-refractivity contribution in [2.45, 2.75) is 52.2 Å². The van der Waals surface area contributed by atoms with Crippen molar-refractivity contribution in [1.82, 2.24) is 20.0 Å². The van der Waals surface area contributed by atoms with Gasteiger partial charge in [0.05, 0.1) is 12.3 Å². The summed E-state index contributed by atoms with van der Waals surface area (Å²) >= 11 is 0. The monoisotopic (exact) mass is 294 g/mol. The van der Waals surface area contributed by atoms with E-state index in [9.17, 15) is 4.79 Å². The number of amides is 1. The molecule has 118 valence electrons. The molecular weight excluding hydrogens is 268 g/mol. The molecule has 1 aromatic heterocycles. The minimum atomic E-state index is -0.188. The summed E-state index contributed by atoms with van der Waals surface area (Å²) in [6, 6.07) is 2.90. The number of hydrogen-bond donors (Lipinski definition) is 1. The molecule has 0 saturated carbocycles. The molecule has 1 N–H and O–H groups in total. The van der Waals surface area contributed by atoms with Crippen molar-refractivity contribution in [2.75, 3.05) is 19.7 Å². The zero-order valence-corrected chi connectivity index (χ0v) is 13.2. The van der Waals surface area contributed by atoms with Gasteiger partial charge in [-0.2, -0.15) is 5.10 Å². The molecule has 1 aliphatic heterocycles. The van der Waals surface area contributed by atoms with Crippen LogP contribution in [0.25, 0.3) is 0 Å². The van der Waals surface area contributed by atoms with Gasteiger partial charge in [-0.15, -0.1) is 0 Å². The van der Waals surface area contributed by atoms with Gasteiger partial charge in [-0.25, -0.2) is 4.79 Å². The van der Waals surface area contributed by atoms with Crippen LogP contribution in [0, 0.1) is 0 Å². The summed E-state index contributed by atoms with van der Waals surface area (Å²) in [4.78, 5) is 13.4. The maximum absolute atomic E-state index is 11.6. The second-order valence-electron chi connectivity index (χ2n) is 5.72. The normalized spacial score (nSPS) is 16.5. The Labute approximate surface area is 126 Å². The van der Waals surface area contributed by atoms with E-state index in [1.54, 1.807) is 4.90 Å².